The molecule has 6 nitrogen and oxygen atoms in total. The van der Waals surface area contributed by atoms with Crippen molar-refractivity contribution in [1.29, 1.82) is 0 Å². The molecule has 0 saturated carbocycles. The lowest BCUT2D eigenvalue weighted by Gasteiger charge is -2.11. The number of amides is 2. The van der Waals surface area contributed by atoms with Crippen LogP contribution in [-0.4, -0.2) is 58.3 Å². The first kappa shape index (κ1) is 13.9. The SMILES string of the molecule is C[NH+](C)CCNC(=O)C(=O)NC[C@@H]1CCCO1. The summed E-state index contributed by atoms with van der Waals surface area (Å²) >= 11 is 0. The van der Waals surface area contributed by atoms with Crippen LogP contribution in [0.2, 0.25) is 0 Å². The highest BCUT2D eigenvalue weighted by molar-refractivity contribution is 6.35. The van der Waals surface area contributed by atoms with Crippen molar-refractivity contribution >= 4 is 11.8 Å². The van der Waals surface area contributed by atoms with Crippen molar-refractivity contribution in [1.82, 2.24) is 10.6 Å². The molecular formula is C11H22N3O3+. The van der Waals surface area contributed by atoms with E-state index in [9.17, 15) is 9.59 Å². The van der Waals surface area contributed by atoms with Crippen LogP contribution in [0.15, 0.2) is 0 Å². The number of quaternary nitrogens is 1. The van der Waals surface area contributed by atoms with Crippen LogP contribution in [0.25, 0.3) is 0 Å². The minimum atomic E-state index is -0.575. The molecule has 1 fully saturated rings. The van der Waals surface area contributed by atoms with Crippen LogP contribution in [0.4, 0.5) is 0 Å². The second kappa shape index (κ2) is 7.24. The summed E-state index contributed by atoms with van der Waals surface area (Å²) in [4.78, 5) is 24.0. The summed E-state index contributed by atoms with van der Waals surface area (Å²) in [7, 11) is 3.98. The van der Waals surface area contributed by atoms with Gasteiger partial charge >= 0.3 is 11.8 Å². The van der Waals surface area contributed by atoms with E-state index < -0.39 is 11.8 Å². The highest BCUT2D eigenvalue weighted by Crippen LogP contribution is 2.10. The van der Waals surface area contributed by atoms with Gasteiger partial charge in [0.2, 0.25) is 0 Å². The Morgan fingerprint density at radius 1 is 1.29 bits per heavy atom. The minimum absolute atomic E-state index is 0.0676. The molecule has 0 aromatic rings. The topological polar surface area (TPSA) is 71.9 Å². The monoisotopic (exact) mass is 244 g/mol. The Labute approximate surface area is 102 Å². The maximum absolute atomic E-state index is 11.4. The first-order valence-corrected chi connectivity index (χ1v) is 6.06. The van der Waals surface area contributed by atoms with Gasteiger partial charge in [-0.05, 0) is 12.8 Å². The summed E-state index contributed by atoms with van der Waals surface area (Å²) in [6, 6.07) is 0. The second-order valence-corrected chi connectivity index (χ2v) is 4.56. The number of rotatable bonds is 5. The van der Waals surface area contributed by atoms with E-state index in [0.29, 0.717) is 13.1 Å². The predicted octanol–water partition coefficient (Wildman–Crippen LogP) is -2.46. The third kappa shape index (κ3) is 5.65. The largest absolute Gasteiger partial charge is 0.376 e. The lowest BCUT2D eigenvalue weighted by atomic mass is 10.2. The molecule has 1 atom stereocenters. The zero-order chi connectivity index (χ0) is 12.7. The molecule has 1 aliphatic heterocycles. The normalized spacial score (nSPS) is 19.4. The molecule has 17 heavy (non-hydrogen) atoms. The molecule has 98 valence electrons. The summed E-state index contributed by atoms with van der Waals surface area (Å²) < 4.78 is 5.35. The number of carbonyl (C=O) groups is 2. The van der Waals surface area contributed by atoms with Gasteiger partial charge in [0, 0.05) is 13.2 Å². The average Bonchev–Trinajstić information content (AvgIpc) is 2.78. The number of nitrogens with one attached hydrogen (secondary N) is 3. The maximum atomic E-state index is 11.4. The lowest BCUT2D eigenvalue weighted by Crippen LogP contribution is -3.06. The summed E-state index contributed by atoms with van der Waals surface area (Å²) in [5, 5.41) is 5.16. The van der Waals surface area contributed by atoms with Gasteiger partial charge in [0.15, 0.2) is 0 Å². The highest BCUT2D eigenvalue weighted by Gasteiger charge is 2.18. The van der Waals surface area contributed by atoms with Crippen LogP contribution in [0.5, 0.6) is 0 Å². The molecule has 0 unspecified atom stereocenters. The quantitative estimate of drug-likeness (QED) is 0.470. The second-order valence-electron chi connectivity index (χ2n) is 4.56. The summed E-state index contributed by atoms with van der Waals surface area (Å²) in [5.41, 5.74) is 0. The van der Waals surface area contributed by atoms with E-state index in [1.165, 1.54) is 4.90 Å². The Kier molecular flexibility index (Phi) is 5.93. The fourth-order valence-electron chi connectivity index (χ4n) is 1.60. The molecule has 2 amide bonds. The molecule has 0 spiro atoms. The highest BCUT2D eigenvalue weighted by atomic mass is 16.5. The summed E-state index contributed by atoms with van der Waals surface area (Å²) in [5.74, 6) is -1.14. The molecule has 0 bridgehead atoms. The van der Waals surface area contributed by atoms with Crippen LogP contribution in [0.1, 0.15) is 12.8 Å². The molecule has 6 heteroatoms. The fourth-order valence-corrected chi connectivity index (χ4v) is 1.60. The van der Waals surface area contributed by atoms with Crippen LogP contribution in [0.3, 0.4) is 0 Å². The third-order valence-electron chi connectivity index (χ3n) is 2.63. The average molecular weight is 244 g/mol. The van der Waals surface area contributed by atoms with E-state index in [1.807, 2.05) is 14.1 Å². The molecule has 1 saturated heterocycles. The lowest BCUT2D eigenvalue weighted by molar-refractivity contribution is -0.856. The molecule has 0 aromatic heterocycles. The number of likely N-dealkylation sites (N-methyl/N-ethyl adjacent to an activating group) is 1. The Morgan fingerprint density at radius 2 is 2.00 bits per heavy atom. The first-order valence-electron chi connectivity index (χ1n) is 6.06. The van der Waals surface area contributed by atoms with Gasteiger partial charge in [-0.25, -0.2) is 0 Å². The third-order valence-corrected chi connectivity index (χ3v) is 2.63. The molecule has 1 heterocycles. The number of hydrogen-bond acceptors (Lipinski definition) is 3. The number of hydrogen-bond donors (Lipinski definition) is 3. The molecule has 3 N–H and O–H groups in total. The van der Waals surface area contributed by atoms with Gasteiger partial charge in [0.1, 0.15) is 0 Å². The van der Waals surface area contributed by atoms with Crippen molar-refractivity contribution in [3.05, 3.63) is 0 Å². The van der Waals surface area contributed by atoms with Crippen molar-refractivity contribution in [2.45, 2.75) is 18.9 Å². The Hall–Kier alpha value is -1.14. The molecular weight excluding hydrogens is 222 g/mol. The molecule has 1 aliphatic rings. The van der Waals surface area contributed by atoms with Gasteiger partial charge in [-0.1, -0.05) is 0 Å². The van der Waals surface area contributed by atoms with Crippen molar-refractivity contribution < 1.29 is 19.2 Å². The van der Waals surface area contributed by atoms with Gasteiger partial charge in [0.05, 0.1) is 33.3 Å². The van der Waals surface area contributed by atoms with Gasteiger partial charge in [-0.3, -0.25) is 9.59 Å². The summed E-state index contributed by atoms with van der Waals surface area (Å²) in [6.07, 6.45) is 2.04. The molecule has 0 aromatic carbocycles. The zero-order valence-electron chi connectivity index (χ0n) is 10.5. The number of ether oxygens (including phenoxy) is 1. The Balaban J connectivity index is 2.11. The van der Waals surface area contributed by atoms with Crippen molar-refractivity contribution in [3.63, 3.8) is 0 Å². The minimum Gasteiger partial charge on any atom is -0.376 e. The van der Waals surface area contributed by atoms with E-state index in [4.69, 9.17) is 4.74 Å². The van der Waals surface area contributed by atoms with E-state index in [-0.39, 0.29) is 6.10 Å². The summed E-state index contributed by atoms with van der Waals surface area (Å²) in [6.45, 7) is 2.48. The maximum Gasteiger partial charge on any atom is 0.309 e. The fraction of sp³-hybridized carbons (Fsp3) is 0.818. The van der Waals surface area contributed by atoms with Gasteiger partial charge < -0.3 is 20.3 Å². The van der Waals surface area contributed by atoms with Crippen LogP contribution < -0.4 is 15.5 Å². The van der Waals surface area contributed by atoms with Crippen molar-refractivity contribution in [2.24, 2.45) is 0 Å². The Bertz CT molecular complexity index is 263. The van der Waals surface area contributed by atoms with Crippen LogP contribution >= 0.6 is 0 Å². The molecule has 0 radical (unpaired) electrons. The first-order chi connectivity index (χ1) is 8.09. The van der Waals surface area contributed by atoms with Crippen LogP contribution in [-0.2, 0) is 14.3 Å². The number of carbonyl (C=O) groups excluding carboxylic acids is 2. The smallest absolute Gasteiger partial charge is 0.309 e. The van der Waals surface area contributed by atoms with Gasteiger partial charge in [0.25, 0.3) is 0 Å². The zero-order valence-corrected chi connectivity index (χ0v) is 10.5. The Morgan fingerprint density at radius 3 is 2.59 bits per heavy atom. The van der Waals surface area contributed by atoms with E-state index >= 15 is 0 Å². The molecule has 0 aliphatic carbocycles. The van der Waals surface area contributed by atoms with Crippen molar-refractivity contribution in [2.75, 3.05) is 40.3 Å². The van der Waals surface area contributed by atoms with E-state index in [2.05, 4.69) is 10.6 Å². The van der Waals surface area contributed by atoms with E-state index in [0.717, 1.165) is 26.0 Å². The van der Waals surface area contributed by atoms with Crippen molar-refractivity contribution in [3.8, 4) is 0 Å². The standard InChI is InChI=1S/C11H21N3O3/c1-14(2)6-5-12-10(15)11(16)13-8-9-4-3-7-17-9/h9H,3-8H2,1-2H3,(H,12,15)(H,13,16)/p+1/t9-/m0/s1. The van der Waals surface area contributed by atoms with Crippen LogP contribution in [0, 0.1) is 0 Å². The predicted molar refractivity (Wildman–Crippen MR) is 62.7 cm³/mol. The van der Waals surface area contributed by atoms with Gasteiger partial charge in [-0.15, -0.1) is 0 Å². The van der Waals surface area contributed by atoms with E-state index in [1.54, 1.807) is 0 Å². The molecule has 1 rings (SSSR count). The van der Waals surface area contributed by atoms with Gasteiger partial charge in [-0.2, -0.15) is 0 Å².